The van der Waals surface area contributed by atoms with Crippen molar-refractivity contribution in [3.8, 4) is 5.75 Å². The van der Waals surface area contributed by atoms with Crippen molar-refractivity contribution in [3.05, 3.63) is 29.3 Å². The first kappa shape index (κ1) is 25.8. The van der Waals surface area contributed by atoms with Gasteiger partial charge in [0.15, 0.2) is 0 Å². The number of amides is 2. The lowest BCUT2D eigenvalue weighted by Crippen LogP contribution is -2.47. The van der Waals surface area contributed by atoms with Crippen LogP contribution in [0.3, 0.4) is 0 Å². The van der Waals surface area contributed by atoms with Crippen molar-refractivity contribution >= 4 is 18.0 Å². The van der Waals surface area contributed by atoms with E-state index in [2.05, 4.69) is 15.1 Å². The van der Waals surface area contributed by atoms with Crippen molar-refractivity contribution in [2.45, 2.75) is 65.1 Å². The molecule has 0 spiro atoms. The Labute approximate surface area is 201 Å². The number of carbonyl (C=O) groups is 2. The minimum absolute atomic E-state index is 0.0301. The van der Waals surface area contributed by atoms with Crippen molar-refractivity contribution in [1.29, 1.82) is 0 Å². The summed E-state index contributed by atoms with van der Waals surface area (Å²) in [6, 6.07) is 6.05. The van der Waals surface area contributed by atoms with Crippen LogP contribution in [0.2, 0.25) is 0 Å². The number of rotatable bonds is 5. The highest BCUT2D eigenvalue weighted by Gasteiger charge is 2.28. The van der Waals surface area contributed by atoms with Crippen LogP contribution in [0.4, 0.5) is 4.79 Å². The standard InChI is InChI=1S/C24H37N5O5/c1-17(30)26-22(27-20-8-11-28(12-9-20)23(31)34-24(2,3)4)29-10-7-18-15-21(32-13-14-33-25)6-5-19(18)16-29/h5-6,15,20H,7-14,16,25H2,1-4H3,(H,26,27,30). The van der Waals surface area contributed by atoms with Crippen molar-refractivity contribution < 1.29 is 23.9 Å². The van der Waals surface area contributed by atoms with Crippen LogP contribution in [0.25, 0.3) is 0 Å². The summed E-state index contributed by atoms with van der Waals surface area (Å²) in [4.78, 5) is 37.5. The van der Waals surface area contributed by atoms with Gasteiger partial charge in [-0.3, -0.25) is 10.1 Å². The maximum absolute atomic E-state index is 12.3. The molecular formula is C24H37N5O5. The lowest BCUT2D eigenvalue weighted by atomic mass is 9.99. The van der Waals surface area contributed by atoms with E-state index in [1.807, 2.05) is 39.0 Å². The number of ether oxygens (including phenoxy) is 2. The van der Waals surface area contributed by atoms with Crippen molar-refractivity contribution in [1.82, 2.24) is 15.1 Å². The SMILES string of the molecule is CC(=O)NC(=NC1CCN(C(=O)OC(C)(C)C)CC1)N1CCc2cc(OCCON)ccc2C1. The average Bonchev–Trinajstić information content (AvgIpc) is 2.77. The predicted molar refractivity (Wildman–Crippen MR) is 128 cm³/mol. The molecule has 2 aliphatic heterocycles. The van der Waals surface area contributed by atoms with E-state index >= 15 is 0 Å². The first-order valence-electron chi connectivity index (χ1n) is 11.8. The predicted octanol–water partition coefficient (Wildman–Crippen LogP) is 2.21. The molecule has 3 rings (SSSR count). The molecule has 34 heavy (non-hydrogen) atoms. The van der Waals surface area contributed by atoms with E-state index < -0.39 is 5.60 Å². The molecular weight excluding hydrogens is 438 g/mol. The maximum atomic E-state index is 12.3. The van der Waals surface area contributed by atoms with Crippen LogP contribution >= 0.6 is 0 Å². The minimum atomic E-state index is -0.513. The van der Waals surface area contributed by atoms with Crippen LogP contribution in [0.1, 0.15) is 51.7 Å². The van der Waals surface area contributed by atoms with Gasteiger partial charge in [-0.15, -0.1) is 0 Å². The summed E-state index contributed by atoms with van der Waals surface area (Å²) in [5.41, 5.74) is 1.88. The number of guanidine groups is 1. The molecule has 0 aliphatic carbocycles. The summed E-state index contributed by atoms with van der Waals surface area (Å²) in [6.07, 6.45) is 1.97. The molecule has 10 nitrogen and oxygen atoms in total. The number of fused-ring (bicyclic) bond motifs is 1. The van der Waals surface area contributed by atoms with E-state index in [0.717, 1.165) is 31.6 Å². The Hall–Kier alpha value is -2.85. The van der Waals surface area contributed by atoms with Gasteiger partial charge in [0.25, 0.3) is 0 Å². The molecule has 1 saturated heterocycles. The monoisotopic (exact) mass is 475 g/mol. The lowest BCUT2D eigenvalue weighted by Gasteiger charge is -2.34. The van der Waals surface area contributed by atoms with Gasteiger partial charge >= 0.3 is 6.09 Å². The highest BCUT2D eigenvalue weighted by molar-refractivity contribution is 5.96. The molecule has 0 unspecified atom stereocenters. The van der Waals surface area contributed by atoms with Gasteiger partial charge in [0.05, 0.1) is 6.04 Å². The number of aliphatic imine (C=N–C) groups is 1. The number of carbonyl (C=O) groups excluding carboxylic acids is 2. The van der Waals surface area contributed by atoms with E-state index in [1.165, 1.54) is 18.1 Å². The summed E-state index contributed by atoms with van der Waals surface area (Å²) in [5, 5.41) is 2.92. The summed E-state index contributed by atoms with van der Waals surface area (Å²) in [7, 11) is 0. The summed E-state index contributed by atoms with van der Waals surface area (Å²) >= 11 is 0. The van der Waals surface area contributed by atoms with Crippen LogP contribution in [-0.2, 0) is 27.3 Å². The number of benzene rings is 1. The average molecular weight is 476 g/mol. The van der Waals surface area contributed by atoms with E-state index in [0.29, 0.717) is 38.8 Å². The zero-order valence-corrected chi connectivity index (χ0v) is 20.6. The van der Waals surface area contributed by atoms with E-state index in [4.69, 9.17) is 20.4 Å². The molecule has 2 aliphatic rings. The Balaban J connectivity index is 1.63. The summed E-state index contributed by atoms with van der Waals surface area (Å²) < 4.78 is 11.1. The zero-order valence-electron chi connectivity index (χ0n) is 20.6. The van der Waals surface area contributed by atoms with Crippen LogP contribution in [-0.4, -0.2) is 72.3 Å². The molecule has 1 fully saturated rings. The molecule has 0 bridgehead atoms. The van der Waals surface area contributed by atoms with Gasteiger partial charge in [-0.1, -0.05) is 6.07 Å². The molecule has 10 heteroatoms. The Morgan fingerprint density at radius 2 is 1.85 bits per heavy atom. The number of hydrogen-bond donors (Lipinski definition) is 2. The van der Waals surface area contributed by atoms with E-state index in [9.17, 15) is 9.59 Å². The zero-order chi connectivity index (χ0) is 24.7. The van der Waals surface area contributed by atoms with Crippen LogP contribution in [0.5, 0.6) is 5.75 Å². The molecule has 0 aromatic heterocycles. The third kappa shape index (κ3) is 7.59. The van der Waals surface area contributed by atoms with E-state index in [1.54, 1.807) is 4.90 Å². The second-order valence-corrected chi connectivity index (χ2v) is 9.65. The second kappa shape index (κ2) is 11.5. The van der Waals surface area contributed by atoms with Crippen molar-refractivity contribution in [3.63, 3.8) is 0 Å². The summed E-state index contributed by atoms with van der Waals surface area (Å²) in [5.74, 6) is 6.27. The fourth-order valence-electron chi connectivity index (χ4n) is 4.03. The maximum Gasteiger partial charge on any atom is 0.410 e. The number of likely N-dealkylation sites (tertiary alicyclic amines) is 1. The Kier molecular flexibility index (Phi) is 8.73. The van der Waals surface area contributed by atoms with Gasteiger partial charge < -0.3 is 24.1 Å². The smallest absolute Gasteiger partial charge is 0.410 e. The Bertz CT molecular complexity index is 890. The van der Waals surface area contributed by atoms with Crippen molar-refractivity contribution in [2.75, 3.05) is 32.8 Å². The Morgan fingerprint density at radius 1 is 1.12 bits per heavy atom. The normalized spacial score (nSPS) is 17.3. The molecule has 2 amide bonds. The molecule has 2 heterocycles. The molecule has 0 radical (unpaired) electrons. The quantitative estimate of drug-likeness (QED) is 0.290. The molecule has 0 saturated carbocycles. The van der Waals surface area contributed by atoms with Crippen LogP contribution in [0, 0.1) is 0 Å². The topological polar surface area (TPSA) is 119 Å². The van der Waals surface area contributed by atoms with Gasteiger partial charge in [-0.25, -0.2) is 15.7 Å². The minimum Gasteiger partial charge on any atom is -0.491 e. The number of nitrogens with one attached hydrogen (secondary N) is 1. The van der Waals surface area contributed by atoms with Crippen molar-refractivity contribution in [2.24, 2.45) is 10.9 Å². The van der Waals surface area contributed by atoms with Gasteiger partial charge in [-0.2, -0.15) is 0 Å². The van der Waals surface area contributed by atoms with Gasteiger partial charge in [0.2, 0.25) is 11.9 Å². The summed E-state index contributed by atoms with van der Waals surface area (Å²) in [6.45, 7) is 10.4. The van der Waals surface area contributed by atoms with E-state index in [-0.39, 0.29) is 18.0 Å². The lowest BCUT2D eigenvalue weighted by molar-refractivity contribution is -0.117. The molecule has 1 aromatic rings. The number of hydrogen-bond acceptors (Lipinski definition) is 7. The molecule has 1 aromatic carbocycles. The number of nitrogens with zero attached hydrogens (tertiary/aromatic N) is 3. The highest BCUT2D eigenvalue weighted by atomic mass is 16.6. The molecule has 3 N–H and O–H groups in total. The fraction of sp³-hybridized carbons (Fsp3) is 0.625. The highest BCUT2D eigenvalue weighted by Crippen LogP contribution is 2.25. The first-order chi connectivity index (χ1) is 16.1. The molecule has 188 valence electrons. The first-order valence-corrected chi connectivity index (χ1v) is 11.8. The van der Waals surface area contributed by atoms with Crippen LogP contribution < -0.4 is 16.0 Å². The van der Waals surface area contributed by atoms with Gasteiger partial charge in [0.1, 0.15) is 24.6 Å². The van der Waals surface area contributed by atoms with Crippen LogP contribution in [0.15, 0.2) is 23.2 Å². The Morgan fingerprint density at radius 3 is 2.50 bits per heavy atom. The fourth-order valence-corrected chi connectivity index (χ4v) is 4.03. The third-order valence-corrected chi connectivity index (χ3v) is 5.67. The second-order valence-electron chi connectivity index (χ2n) is 9.65. The number of nitrogens with two attached hydrogens (primary N) is 1. The molecule has 0 atom stereocenters. The largest absolute Gasteiger partial charge is 0.491 e. The van der Waals surface area contributed by atoms with Gasteiger partial charge in [0, 0.05) is 33.1 Å². The van der Waals surface area contributed by atoms with Gasteiger partial charge in [-0.05, 0) is 63.3 Å². The number of piperidine rings is 1. The third-order valence-electron chi connectivity index (χ3n) is 5.67.